The van der Waals surface area contributed by atoms with Crippen molar-refractivity contribution < 1.29 is 0 Å². The van der Waals surface area contributed by atoms with Gasteiger partial charge >= 0.3 is 0 Å². The van der Waals surface area contributed by atoms with E-state index in [-0.39, 0.29) is 0 Å². The molecule has 6 heteroatoms. The summed E-state index contributed by atoms with van der Waals surface area (Å²) in [5.74, 6) is 2.64. The van der Waals surface area contributed by atoms with Crippen molar-refractivity contribution in [3.8, 4) is 56.8 Å². The predicted molar refractivity (Wildman–Crippen MR) is 246 cm³/mol. The Hall–Kier alpha value is -8.22. The Morgan fingerprint density at radius 3 is 1.50 bits per heavy atom. The summed E-state index contributed by atoms with van der Waals surface area (Å²) in [5.41, 5.74) is 10.7. The van der Waals surface area contributed by atoms with Gasteiger partial charge in [-0.1, -0.05) is 140 Å². The molecule has 0 spiro atoms. The van der Waals surface area contributed by atoms with Crippen molar-refractivity contribution in [2.75, 3.05) is 0 Å². The van der Waals surface area contributed by atoms with Crippen LogP contribution in [0.4, 0.5) is 0 Å². The lowest BCUT2D eigenvalue weighted by Crippen LogP contribution is -2.01. The van der Waals surface area contributed by atoms with Crippen LogP contribution in [-0.2, 0) is 0 Å². The van der Waals surface area contributed by atoms with Crippen LogP contribution < -0.4 is 0 Å². The molecule has 0 amide bonds. The third-order valence-corrected chi connectivity index (χ3v) is 11.6. The minimum atomic E-state index is 0.575. The van der Waals surface area contributed by atoms with E-state index in [4.69, 9.17) is 19.9 Å². The zero-order chi connectivity index (χ0) is 39.6. The fraction of sp³-hybridized carbons (Fsp3) is 0. The van der Waals surface area contributed by atoms with Gasteiger partial charge in [0, 0.05) is 50.1 Å². The molecule has 60 heavy (non-hydrogen) atoms. The van der Waals surface area contributed by atoms with Crippen LogP contribution in [0.1, 0.15) is 0 Å². The second-order valence-electron chi connectivity index (χ2n) is 15.1. The molecule has 0 unspecified atom stereocenters. The summed E-state index contributed by atoms with van der Waals surface area (Å²) in [5, 5.41) is 7.34. The van der Waals surface area contributed by atoms with Crippen molar-refractivity contribution in [3.05, 3.63) is 206 Å². The largest absolute Gasteiger partial charge is 0.309 e. The summed E-state index contributed by atoms with van der Waals surface area (Å²) in [6.07, 6.45) is 1.87. The van der Waals surface area contributed by atoms with E-state index >= 15 is 0 Å². The molecule has 6 nitrogen and oxygen atoms in total. The highest BCUT2D eigenvalue weighted by atomic mass is 15.1. The zero-order valence-electron chi connectivity index (χ0n) is 32.3. The molecule has 0 aliphatic carbocycles. The van der Waals surface area contributed by atoms with Gasteiger partial charge in [-0.3, -0.25) is 4.57 Å². The van der Waals surface area contributed by atoms with Crippen LogP contribution in [-0.4, -0.2) is 29.1 Å². The number of hydrogen-bond donors (Lipinski definition) is 0. The van der Waals surface area contributed by atoms with Crippen molar-refractivity contribution in [3.63, 3.8) is 0 Å². The van der Waals surface area contributed by atoms with Crippen LogP contribution in [0.5, 0.6) is 0 Å². The van der Waals surface area contributed by atoms with Gasteiger partial charge in [0.05, 0.1) is 22.1 Å². The second-order valence-corrected chi connectivity index (χ2v) is 15.1. The lowest BCUT2D eigenvalue weighted by molar-refractivity contribution is 1.05. The molecule has 0 N–H and O–H groups in total. The van der Waals surface area contributed by atoms with Crippen LogP contribution in [0.25, 0.3) is 111 Å². The number of pyridine rings is 1. The van der Waals surface area contributed by atoms with E-state index in [1.807, 2.05) is 66.9 Å². The average molecular weight is 767 g/mol. The standard InChI is InChI=1S/C54H34N6/c1-4-15-36(16-5-1)52-56-53(37-17-6-2-7-18-37)58-54(57-52)40-27-31-50(55-34-40)60-46-23-13-12-22-43(46)44-32-38(25-28-47(44)60)39-26-29-48-45(33-39)51-42-21-11-10-14-35(42)24-30-49(51)59(48)41-19-8-3-9-20-41/h1-34H. The van der Waals surface area contributed by atoms with E-state index < -0.39 is 0 Å². The molecule has 0 saturated heterocycles. The Balaban J connectivity index is 0.978. The van der Waals surface area contributed by atoms with E-state index in [1.54, 1.807) is 0 Å². The number of para-hydroxylation sites is 2. The molecule has 0 aliphatic heterocycles. The van der Waals surface area contributed by atoms with Gasteiger partial charge in [0.25, 0.3) is 0 Å². The SMILES string of the molecule is c1ccc(-c2nc(-c3ccccc3)nc(-c3ccc(-n4c5ccccc5c5cc(-c6ccc7c(c6)c6c8ccccc8ccc6n7-c6ccccc6)ccc54)nc3)n2)cc1. The van der Waals surface area contributed by atoms with E-state index in [9.17, 15) is 0 Å². The quantitative estimate of drug-likeness (QED) is 0.169. The third-order valence-electron chi connectivity index (χ3n) is 11.6. The Morgan fingerprint density at radius 1 is 0.317 bits per heavy atom. The van der Waals surface area contributed by atoms with Crippen molar-refractivity contribution in [2.24, 2.45) is 0 Å². The van der Waals surface area contributed by atoms with Crippen molar-refractivity contribution in [2.45, 2.75) is 0 Å². The van der Waals surface area contributed by atoms with Crippen LogP contribution >= 0.6 is 0 Å². The molecular formula is C54H34N6. The van der Waals surface area contributed by atoms with Gasteiger partial charge in [-0.2, -0.15) is 0 Å². The molecule has 280 valence electrons. The molecule has 0 saturated carbocycles. The summed E-state index contributed by atoms with van der Waals surface area (Å²) in [6, 6.07) is 70.3. The first-order valence-corrected chi connectivity index (χ1v) is 20.1. The Kier molecular flexibility index (Phi) is 7.74. The van der Waals surface area contributed by atoms with Gasteiger partial charge in [-0.05, 0) is 82.6 Å². The lowest BCUT2D eigenvalue weighted by atomic mass is 9.99. The maximum absolute atomic E-state index is 5.06. The normalized spacial score (nSPS) is 11.7. The zero-order valence-corrected chi connectivity index (χ0v) is 32.3. The maximum Gasteiger partial charge on any atom is 0.165 e. The van der Waals surface area contributed by atoms with E-state index in [1.165, 1.54) is 48.9 Å². The average Bonchev–Trinajstić information content (AvgIpc) is 3.85. The number of hydrogen-bond acceptors (Lipinski definition) is 4. The highest BCUT2D eigenvalue weighted by Gasteiger charge is 2.19. The Labute approximate surface area is 345 Å². The van der Waals surface area contributed by atoms with Gasteiger partial charge < -0.3 is 4.57 Å². The third kappa shape index (κ3) is 5.50. The fourth-order valence-corrected chi connectivity index (χ4v) is 8.81. The first-order valence-electron chi connectivity index (χ1n) is 20.1. The topological polar surface area (TPSA) is 61.4 Å². The molecule has 4 aromatic heterocycles. The molecule has 8 aromatic carbocycles. The summed E-state index contributed by atoms with van der Waals surface area (Å²) in [7, 11) is 0. The van der Waals surface area contributed by atoms with Crippen molar-refractivity contribution in [1.82, 2.24) is 29.1 Å². The van der Waals surface area contributed by atoms with Crippen molar-refractivity contribution in [1.29, 1.82) is 0 Å². The molecule has 0 fully saturated rings. The Morgan fingerprint density at radius 2 is 0.833 bits per heavy atom. The molecule has 12 rings (SSSR count). The molecule has 4 heterocycles. The summed E-state index contributed by atoms with van der Waals surface area (Å²) in [4.78, 5) is 19.8. The second kappa shape index (κ2) is 13.7. The lowest BCUT2D eigenvalue weighted by Gasteiger charge is -2.10. The molecule has 0 atom stereocenters. The summed E-state index contributed by atoms with van der Waals surface area (Å²) in [6.45, 7) is 0. The highest BCUT2D eigenvalue weighted by molar-refractivity contribution is 6.22. The predicted octanol–water partition coefficient (Wildman–Crippen LogP) is 13.3. The summed E-state index contributed by atoms with van der Waals surface area (Å²) < 4.78 is 4.64. The minimum Gasteiger partial charge on any atom is -0.309 e. The fourth-order valence-electron chi connectivity index (χ4n) is 8.81. The maximum atomic E-state index is 5.06. The molecule has 12 aromatic rings. The molecular weight excluding hydrogens is 733 g/mol. The van der Waals surface area contributed by atoms with Gasteiger partial charge in [-0.15, -0.1) is 0 Å². The number of nitrogens with zero attached hydrogens (tertiary/aromatic N) is 6. The van der Waals surface area contributed by atoms with Gasteiger partial charge in [0.1, 0.15) is 5.82 Å². The highest BCUT2D eigenvalue weighted by Crippen LogP contribution is 2.40. The van der Waals surface area contributed by atoms with Gasteiger partial charge in [0.15, 0.2) is 17.5 Å². The first kappa shape index (κ1) is 33.9. The number of aromatic nitrogens is 6. The number of benzene rings is 8. The van der Waals surface area contributed by atoms with Gasteiger partial charge in [0.2, 0.25) is 0 Å². The van der Waals surface area contributed by atoms with E-state index in [2.05, 4.69) is 149 Å². The van der Waals surface area contributed by atoms with Crippen LogP contribution in [0.15, 0.2) is 206 Å². The van der Waals surface area contributed by atoms with Crippen LogP contribution in [0.3, 0.4) is 0 Å². The van der Waals surface area contributed by atoms with Gasteiger partial charge in [-0.25, -0.2) is 19.9 Å². The monoisotopic (exact) mass is 766 g/mol. The number of rotatable bonds is 6. The van der Waals surface area contributed by atoms with E-state index in [0.29, 0.717) is 17.5 Å². The molecule has 0 radical (unpaired) electrons. The Bertz CT molecular complexity index is 3520. The molecule has 0 bridgehead atoms. The van der Waals surface area contributed by atoms with Crippen molar-refractivity contribution >= 4 is 54.4 Å². The first-order chi connectivity index (χ1) is 29.7. The van der Waals surface area contributed by atoms with Crippen LogP contribution in [0, 0.1) is 0 Å². The smallest absolute Gasteiger partial charge is 0.165 e. The van der Waals surface area contributed by atoms with E-state index in [0.717, 1.165) is 44.8 Å². The van der Waals surface area contributed by atoms with Crippen LogP contribution in [0.2, 0.25) is 0 Å². The minimum absolute atomic E-state index is 0.575. The molecule has 0 aliphatic rings. The summed E-state index contributed by atoms with van der Waals surface area (Å²) >= 11 is 0. The number of fused-ring (bicyclic) bond motifs is 8.